The Bertz CT molecular complexity index is 1100. The second-order valence-electron chi connectivity index (χ2n) is 7.22. The summed E-state index contributed by atoms with van der Waals surface area (Å²) in [5, 5.41) is 7.15. The molecule has 1 aliphatic carbocycles. The number of anilines is 1. The highest BCUT2D eigenvalue weighted by molar-refractivity contribution is 6.09. The third-order valence-corrected chi connectivity index (χ3v) is 4.99. The maximum Gasteiger partial charge on any atom is 0.291 e. The molecule has 0 fully saturated rings. The molecule has 2 aromatic carbocycles. The second-order valence-corrected chi connectivity index (χ2v) is 7.22. The van der Waals surface area contributed by atoms with E-state index in [0.717, 1.165) is 29.7 Å². The Morgan fingerprint density at radius 1 is 1.03 bits per heavy atom. The number of fused-ring (bicyclic) bond motifs is 1. The van der Waals surface area contributed by atoms with Gasteiger partial charge in [-0.15, -0.1) is 0 Å². The zero-order chi connectivity index (χ0) is 21.6. The zero-order valence-corrected chi connectivity index (χ0v) is 17.2. The van der Waals surface area contributed by atoms with Gasteiger partial charge in [0.25, 0.3) is 11.8 Å². The summed E-state index contributed by atoms with van der Waals surface area (Å²) >= 11 is 0. The zero-order valence-electron chi connectivity index (χ0n) is 17.2. The standard InChI is InChI=1S/C24H23N3O4/c1-16-22-19(26-27-21(28)15-30-18-11-6-3-7-12-18)13-8-14-20(22)31-23(16)24(29)25-17-9-4-2-5-10-17/h2-7,9-12H,8,13-15H2,1H3,(H,25,29)(H,27,28)/b26-19+. The summed E-state index contributed by atoms with van der Waals surface area (Å²) in [4.78, 5) is 24.9. The minimum absolute atomic E-state index is 0.136. The minimum atomic E-state index is -0.355. The number of nitrogens with zero attached hydrogens (tertiary/aromatic N) is 1. The summed E-state index contributed by atoms with van der Waals surface area (Å²) in [6.45, 7) is 1.70. The maximum atomic E-state index is 12.7. The molecule has 0 saturated carbocycles. The van der Waals surface area contributed by atoms with E-state index in [2.05, 4.69) is 15.8 Å². The van der Waals surface area contributed by atoms with Crippen LogP contribution < -0.4 is 15.5 Å². The van der Waals surface area contributed by atoms with Crippen molar-refractivity contribution >= 4 is 23.2 Å². The van der Waals surface area contributed by atoms with Crippen molar-refractivity contribution < 1.29 is 18.7 Å². The number of benzene rings is 2. The van der Waals surface area contributed by atoms with Crippen LogP contribution in [0, 0.1) is 6.92 Å². The Balaban J connectivity index is 1.46. The molecule has 158 valence electrons. The molecule has 7 nitrogen and oxygen atoms in total. The van der Waals surface area contributed by atoms with Crippen LogP contribution in [0.2, 0.25) is 0 Å². The van der Waals surface area contributed by atoms with Gasteiger partial charge in [0, 0.05) is 23.2 Å². The van der Waals surface area contributed by atoms with Crippen LogP contribution in [0.15, 0.2) is 70.2 Å². The molecule has 31 heavy (non-hydrogen) atoms. The highest BCUT2D eigenvalue weighted by Crippen LogP contribution is 2.30. The molecule has 0 unspecified atom stereocenters. The number of nitrogens with one attached hydrogen (secondary N) is 2. The first-order valence-corrected chi connectivity index (χ1v) is 10.1. The summed E-state index contributed by atoms with van der Waals surface area (Å²) in [5.74, 6) is 0.937. The van der Waals surface area contributed by atoms with Crippen LogP contribution >= 0.6 is 0 Å². The first-order chi connectivity index (χ1) is 15.1. The number of aryl methyl sites for hydroxylation is 1. The molecule has 2 amide bonds. The number of rotatable bonds is 6. The smallest absolute Gasteiger partial charge is 0.291 e. The molecule has 0 radical (unpaired) electrons. The van der Waals surface area contributed by atoms with Crippen molar-refractivity contribution in [1.29, 1.82) is 0 Å². The van der Waals surface area contributed by atoms with E-state index < -0.39 is 0 Å². The third kappa shape index (κ3) is 4.83. The molecular formula is C24H23N3O4. The van der Waals surface area contributed by atoms with Crippen LogP contribution in [0.25, 0.3) is 0 Å². The quantitative estimate of drug-likeness (QED) is 0.591. The fourth-order valence-corrected chi connectivity index (χ4v) is 3.53. The maximum absolute atomic E-state index is 12.7. The average Bonchev–Trinajstić information content (AvgIpc) is 3.15. The lowest BCUT2D eigenvalue weighted by molar-refractivity contribution is -0.123. The number of hydrogen-bond acceptors (Lipinski definition) is 5. The summed E-state index contributed by atoms with van der Waals surface area (Å²) in [6.07, 6.45) is 2.24. The molecule has 0 saturated heterocycles. The molecule has 0 spiro atoms. The van der Waals surface area contributed by atoms with E-state index in [4.69, 9.17) is 9.15 Å². The number of furan rings is 1. The Morgan fingerprint density at radius 2 is 1.74 bits per heavy atom. The van der Waals surface area contributed by atoms with Gasteiger partial charge >= 0.3 is 0 Å². The fourth-order valence-electron chi connectivity index (χ4n) is 3.53. The topological polar surface area (TPSA) is 92.9 Å². The van der Waals surface area contributed by atoms with Gasteiger partial charge in [-0.3, -0.25) is 9.59 Å². The van der Waals surface area contributed by atoms with Crippen LogP contribution in [0.1, 0.15) is 40.3 Å². The number of carbonyl (C=O) groups excluding carboxylic acids is 2. The number of ether oxygens (including phenoxy) is 1. The van der Waals surface area contributed by atoms with Crippen molar-refractivity contribution in [3.63, 3.8) is 0 Å². The van der Waals surface area contributed by atoms with E-state index in [0.29, 0.717) is 23.6 Å². The largest absolute Gasteiger partial charge is 0.484 e. The van der Waals surface area contributed by atoms with Crippen LogP contribution in [-0.4, -0.2) is 24.1 Å². The van der Waals surface area contributed by atoms with Gasteiger partial charge < -0.3 is 14.5 Å². The van der Waals surface area contributed by atoms with E-state index in [1.807, 2.05) is 55.5 Å². The van der Waals surface area contributed by atoms with Gasteiger partial charge in [0.05, 0.1) is 5.71 Å². The molecule has 1 aliphatic rings. The van der Waals surface area contributed by atoms with Gasteiger partial charge in [-0.2, -0.15) is 5.10 Å². The van der Waals surface area contributed by atoms with Gasteiger partial charge in [0.15, 0.2) is 12.4 Å². The molecule has 1 aromatic heterocycles. The first-order valence-electron chi connectivity index (χ1n) is 10.1. The van der Waals surface area contributed by atoms with Gasteiger partial charge in [-0.25, -0.2) is 5.43 Å². The highest BCUT2D eigenvalue weighted by Gasteiger charge is 2.28. The molecule has 1 heterocycles. The lowest BCUT2D eigenvalue weighted by Crippen LogP contribution is -2.27. The molecule has 0 aliphatic heterocycles. The Kier molecular flexibility index (Phi) is 6.12. The van der Waals surface area contributed by atoms with E-state index in [1.165, 1.54) is 0 Å². The first kappa shape index (κ1) is 20.4. The van der Waals surface area contributed by atoms with Crippen molar-refractivity contribution in [3.05, 3.63) is 83.3 Å². The summed E-state index contributed by atoms with van der Waals surface area (Å²) in [7, 11) is 0. The molecule has 4 rings (SSSR count). The van der Waals surface area contributed by atoms with Gasteiger partial charge in [-0.1, -0.05) is 36.4 Å². The number of carbonyl (C=O) groups is 2. The predicted molar refractivity (Wildman–Crippen MR) is 117 cm³/mol. The Morgan fingerprint density at radius 3 is 2.48 bits per heavy atom. The number of hydrazone groups is 1. The van der Waals surface area contributed by atoms with E-state index in [9.17, 15) is 9.59 Å². The van der Waals surface area contributed by atoms with Crippen LogP contribution in [0.5, 0.6) is 5.75 Å². The molecule has 0 atom stereocenters. The van der Waals surface area contributed by atoms with E-state index >= 15 is 0 Å². The van der Waals surface area contributed by atoms with Gasteiger partial charge in [0.1, 0.15) is 11.5 Å². The van der Waals surface area contributed by atoms with E-state index in [1.54, 1.807) is 12.1 Å². The van der Waals surface area contributed by atoms with Crippen molar-refractivity contribution in [2.45, 2.75) is 26.2 Å². The number of amides is 2. The van der Waals surface area contributed by atoms with Crippen LogP contribution in [0.3, 0.4) is 0 Å². The lowest BCUT2D eigenvalue weighted by Gasteiger charge is -2.13. The molecule has 3 aromatic rings. The van der Waals surface area contributed by atoms with Crippen LogP contribution in [-0.2, 0) is 11.2 Å². The minimum Gasteiger partial charge on any atom is -0.484 e. The van der Waals surface area contributed by atoms with Crippen molar-refractivity contribution in [3.8, 4) is 5.75 Å². The Labute approximate surface area is 180 Å². The molecule has 2 N–H and O–H groups in total. The van der Waals surface area contributed by atoms with Gasteiger partial charge in [-0.05, 0) is 44.0 Å². The normalized spacial score (nSPS) is 14.0. The van der Waals surface area contributed by atoms with E-state index in [-0.39, 0.29) is 24.2 Å². The van der Waals surface area contributed by atoms with Crippen molar-refractivity contribution in [2.75, 3.05) is 11.9 Å². The summed E-state index contributed by atoms with van der Waals surface area (Å²) in [5.41, 5.74) is 5.47. The monoisotopic (exact) mass is 417 g/mol. The second kappa shape index (κ2) is 9.30. The third-order valence-electron chi connectivity index (χ3n) is 4.99. The van der Waals surface area contributed by atoms with Crippen LogP contribution in [0.4, 0.5) is 5.69 Å². The highest BCUT2D eigenvalue weighted by atomic mass is 16.5. The number of hydrogen-bond donors (Lipinski definition) is 2. The SMILES string of the molecule is Cc1c(C(=O)Nc2ccccc2)oc2c1/C(=N/NC(=O)COc1ccccc1)CCC2. The molecule has 0 bridgehead atoms. The summed E-state index contributed by atoms with van der Waals surface area (Å²) in [6, 6.07) is 18.3. The molecular weight excluding hydrogens is 394 g/mol. The van der Waals surface area contributed by atoms with Gasteiger partial charge in [0.2, 0.25) is 0 Å². The average molecular weight is 417 g/mol. The predicted octanol–water partition coefficient (Wildman–Crippen LogP) is 4.08. The lowest BCUT2D eigenvalue weighted by atomic mass is 9.93. The Hall–Kier alpha value is -3.87. The van der Waals surface area contributed by atoms with Crippen molar-refractivity contribution in [2.24, 2.45) is 5.10 Å². The van der Waals surface area contributed by atoms with Crippen molar-refractivity contribution in [1.82, 2.24) is 5.43 Å². The molecule has 7 heteroatoms. The fraction of sp³-hybridized carbons (Fsp3) is 0.208. The number of para-hydroxylation sites is 2. The summed E-state index contributed by atoms with van der Waals surface area (Å²) < 4.78 is 11.3.